The fraction of sp³-hybridized carbons (Fsp3) is 0.500. The monoisotopic (exact) mass is 364 g/mol. The van der Waals surface area contributed by atoms with Crippen molar-refractivity contribution in [2.45, 2.75) is 58.3 Å². The summed E-state index contributed by atoms with van der Waals surface area (Å²) in [5, 5.41) is 31.1. The maximum absolute atomic E-state index is 11.3. The number of non-ortho nitro benzene ring substituents is 1. The minimum absolute atomic E-state index is 0.0474. The predicted octanol–water partition coefficient (Wildman–Crippen LogP) is 4.59. The van der Waals surface area contributed by atoms with Crippen molar-refractivity contribution >= 4 is 17.3 Å². The van der Waals surface area contributed by atoms with Gasteiger partial charge in [0.25, 0.3) is 11.4 Å². The van der Waals surface area contributed by atoms with Gasteiger partial charge in [-0.2, -0.15) is 0 Å². The van der Waals surface area contributed by atoms with Crippen molar-refractivity contribution in [3.05, 3.63) is 55.6 Å². The number of nitro benzene ring substituents is 2. The third-order valence-corrected chi connectivity index (χ3v) is 4.09. The Kier molecular flexibility index (Phi) is 8.97. The Morgan fingerprint density at radius 2 is 1.73 bits per heavy atom. The van der Waals surface area contributed by atoms with E-state index >= 15 is 0 Å². The van der Waals surface area contributed by atoms with E-state index in [1.807, 2.05) is 0 Å². The van der Waals surface area contributed by atoms with Gasteiger partial charge in [-0.05, 0) is 24.8 Å². The van der Waals surface area contributed by atoms with E-state index in [0.29, 0.717) is 17.5 Å². The molecule has 1 aromatic rings. The summed E-state index contributed by atoms with van der Waals surface area (Å²) in [4.78, 5) is 31.7. The number of carboxylic acids is 1. The Morgan fingerprint density at radius 3 is 2.31 bits per heavy atom. The highest BCUT2D eigenvalue weighted by Crippen LogP contribution is 2.30. The first-order chi connectivity index (χ1) is 12.4. The molecule has 1 aromatic carbocycles. The first-order valence-corrected chi connectivity index (χ1v) is 8.70. The molecule has 0 amide bonds. The maximum Gasteiger partial charge on any atom is 0.327 e. The van der Waals surface area contributed by atoms with Gasteiger partial charge in [0.1, 0.15) is 0 Å². The van der Waals surface area contributed by atoms with Crippen LogP contribution in [-0.2, 0) is 17.6 Å². The number of aliphatic carboxylic acids is 1. The number of nitro groups is 2. The Hall–Kier alpha value is -2.77. The number of nitrogens with zero attached hydrogens (tertiary/aromatic N) is 2. The molecule has 0 radical (unpaired) electrons. The highest BCUT2D eigenvalue weighted by atomic mass is 16.6. The second-order valence-corrected chi connectivity index (χ2v) is 6.08. The molecule has 26 heavy (non-hydrogen) atoms. The number of carbonyl (C=O) groups is 1. The molecule has 8 heteroatoms. The van der Waals surface area contributed by atoms with Crippen molar-refractivity contribution in [1.82, 2.24) is 0 Å². The summed E-state index contributed by atoms with van der Waals surface area (Å²) in [6.07, 6.45) is 8.97. The molecule has 1 N–H and O–H groups in total. The highest BCUT2D eigenvalue weighted by molar-refractivity contribution is 5.79. The third kappa shape index (κ3) is 7.00. The lowest BCUT2D eigenvalue weighted by molar-refractivity contribution is -0.394. The van der Waals surface area contributed by atoms with Gasteiger partial charge in [0.15, 0.2) is 0 Å². The van der Waals surface area contributed by atoms with Crippen LogP contribution in [-0.4, -0.2) is 20.9 Å². The number of hydrogen-bond donors (Lipinski definition) is 1. The molecule has 142 valence electrons. The summed E-state index contributed by atoms with van der Waals surface area (Å²) in [6, 6.07) is 2.30. The van der Waals surface area contributed by atoms with Crippen LogP contribution in [0.25, 0.3) is 0 Å². The van der Waals surface area contributed by atoms with Crippen molar-refractivity contribution in [3.63, 3.8) is 0 Å². The molecule has 8 nitrogen and oxygen atoms in total. The lowest BCUT2D eigenvalue weighted by atomic mass is 9.96. The van der Waals surface area contributed by atoms with E-state index in [1.165, 1.54) is 12.1 Å². The molecule has 0 saturated heterocycles. The van der Waals surface area contributed by atoms with Crippen LogP contribution in [0.2, 0.25) is 0 Å². The number of benzene rings is 1. The number of rotatable bonds is 12. The number of unbranched alkanes of at least 4 members (excludes halogenated alkanes) is 5. The van der Waals surface area contributed by atoms with Gasteiger partial charge in [0.2, 0.25) is 0 Å². The van der Waals surface area contributed by atoms with Gasteiger partial charge in [-0.1, -0.05) is 45.1 Å². The largest absolute Gasteiger partial charge is 0.478 e. The van der Waals surface area contributed by atoms with Crippen LogP contribution in [0.4, 0.5) is 11.4 Å². The molecule has 0 spiro atoms. The van der Waals surface area contributed by atoms with E-state index in [9.17, 15) is 25.0 Å². The van der Waals surface area contributed by atoms with E-state index in [4.69, 9.17) is 5.11 Å². The van der Waals surface area contributed by atoms with Gasteiger partial charge in [-0.25, -0.2) is 4.79 Å². The SMILES string of the molecule is CCCCCCCCc1cc([N+](=O)[O-])cc([N+](=O)[O-])c1C/C=C/C(=O)O. The fourth-order valence-corrected chi connectivity index (χ4v) is 2.80. The smallest absolute Gasteiger partial charge is 0.327 e. The first kappa shape index (κ1) is 21.3. The summed E-state index contributed by atoms with van der Waals surface area (Å²) in [6.45, 7) is 2.12. The second-order valence-electron chi connectivity index (χ2n) is 6.08. The number of carboxylic acid groups (broad SMARTS) is 1. The summed E-state index contributed by atoms with van der Waals surface area (Å²) >= 11 is 0. The molecule has 0 saturated carbocycles. The van der Waals surface area contributed by atoms with Gasteiger partial charge >= 0.3 is 5.97 Å². The molecular weight excluding hydrogens is 340 g/mol. The molecule has 0 aromatic heterocycles. The average molecular weight is 364 g/mol. The van der Waals surface area contributed by atoms with Gasteiger partial charge in [0, 0.05) is 17.7 Å². The zero-order valence-electron chi connectivity index (χ0n) is 14.8. The van der Waals surface area contributed by atoms with Crippen molar-refractivity contribution in [3.8, 4) is 0 Å². The molecule has 0 unspecified atom stereocenters. The normalized spacial score (nSPS) is 11.0. The van der Waals surface area contributed by atoms with Crippen LogP contribution >= 0.6 is 0 Å². The van der Waals surface area contributed by atoms with E-state index < -0.39 is 15.8 Å². The Labute approximate surface area is 151 Å². The summed E-state index contributed by atoms with van der Waals surface area (Å²) < 4.78 is 0. The summed E-state index contributed by atoms with van der Waals surface area (Å²) in [5.74, 6) is -1.15. The zero-order valence-corrected chi connectivity index (χ0v) is 14.8. The zero-order chi connectivity index (χ0) is 19.5. The van der Waals surface area contributed by atoms with Crippen LogP contribution < -0.4 is 0 Å². The molecule has 0 atom stereocenters. The topological polar surface area (TPSA) is 124 Å². The predicted molar refractivity (Wildman–Crippen MR) is 97.3 cm³/mol. The van der Waals surface area contributed by atoms with Crippen LogP contribution in [0.1, 0.15) is 56.6 Å². The summed E-state index contributed by atoms with van der Waals surface area (Å²) in [5.41, 5.74) is 0.224. The van der Waals surface area contributed by atoms with E-state index in [2.05, 4.69) is 6.92 Å². The van der Waals surface area contributed by atoms with Crippen LogP contribution in [0, 0.1) is 20.2 Å². The lowest BCUT2D eigenvalue weighted by Crippen LogP contribution is -2.03. The molecule has 1 rings (SSSR count). The highest BCUT2D eigenvalue weighted by Gasteiger charge is 2.23. The number of aryl methyl sites for hydroxylation is 1. The first-order valence-electron chi connectivity index (χ1n) is 8.70. The standard InChI is InChI=1S/C18H24N2O6/c1-2-3-4-5-6-7-9-14-12-15(19(23)24)13-17(20(25)26)16(14)10-8-11-18(21)22/h8,11-13H,2-7,9-10H2,1H3,(H,21,22)/b11-8+. The molecule has 0 aliphatic heterocycles. The molecule has 0 heterocycles. The van der Waals surface area contributed by atoms with Crippen molar-refractivity contribution in [2.75, 3.05) is 0 Å². The number of allylic oxidation sites excluding steroid dienone is 1. The molecule has 0 bridgehead atoms. The molecule has 0 aliphatic rings. The van der Waals surface area contributed by atoms with E-state index in [1.54, 1.807) is 0 Å². The maximum atomic E-state index is 11.3. The minimum Gasteiger partial charge on any atom is -0.478 e. The quantitative estimate of drug-likeness (QED) is 0.250. The van der Waals surface area contributed by atoms with Gasteiger partial charge in [-0.15, -0.1) is 0 Å². The van der Waals surface area contributed by atoms with Crippen molar-refractivity contribution < 1.29 is 19.7 Å². The van der Waals surface area contributed by atoms with Gasteiger partial charge in [-0.3, -0.25) is 20.2 Å². The molecule has 0 aliphatic carbocycles. The average Bonchev–Trinajstić information content (AvgIpc) is 2.57. The molecular formula is C18H24N2O6. The Bertz CT molecular complexity index is 685. The van der Waals surface area contributed by atoms with Crippen molar-refractivity contribution in [1.29, 1.82) is 0 Å². The molecule has 0 fully saturated rings. The fourth-order valence-electron chi connectivity index (χ4n) is 2.80. The van der Waals surface area contributed by atoms with Gasteiger partial charge in [0.05, 0.1) is 15.9 Å². The van der Waals surface area contributed by atoms with E-state index in [-0.39, 0.29) is 17.8 Å². The lowest BCUT2D eigenvalue weighted by Gasteiger charge is -2.09. The van der Waals surface area contributed by atoms with Crippen LogP contribution in [0.3, 0.4) is 0 Å². The van der Waals surface area contributed by atoms with Crippen LogP contribution in [0.15, 0.2) is 24.3 Å². The Morgan fingerprint density at radius 1 is 1.08 bits per heavy atom. The second kappa shape index (κ2) is 11.0. The van der Waals surface area contributed by atoms with Crippen LogP contribution in [0.5, 0.6) is 0 Å². The summed E-state index contributed by atoms with van der Waals surface area (Å²) in [7, 11) is 0. The number of hydrogen-bond acceptors (Lipinski definition) is 5. The van der Waals surface area contributed by atoms with E-state index in [0.717, 1.165) is 50.7 Å². The Balaban J connectivity index is 3.06. The third-order valence-electron chi connectivity index (χ3n) is 4.09. The minimum atomic E-state index is -1.15. The van der Waals surface area contributed by atoms with Crippen molar-refractivity contribution in [2.24, 2.45) is 0 Å². The van der Waals surface area contributed by atoms with Gasteiger partial charge < -0.3 is 5.11 Å².